The third-order valence-corrected chi connectivity index (χ3v) is 10.1. The molecule has 228 valence electrons. The standard InChI is InChI=1S/C30H38B2ClF2N4O3P/c1-43(2,42)24-6-3-22(4-7-24)19-36-26-8-5-23(33)18-25(26)30(31,32)39-15-13-38(14-16-39)28(41)20-37-27(40)17-21-9-11-29(34,35)12-10-21/h3-8,18,21,36H,9-17,19-20H2,1-2H3,(H,37,40). The van der Waals surface area contributed by atoms with Gasteiger partial charge in [0, 0.05) is 68.0 Å². The minimum atomic E-state index is -2.63. The zero-order chi connectivity index (χ0) is 31.4. The van der Waals surface area contributed by atoms with Crippen LogP contribution in [0, 0.1) is 5.92 Å². The van der Waals surface area contributed by atoms with Gasteiger partial charge < -0.3 is 25.0 Å². The second-order valence-corrected chi connectivity index (χ2v) is 15.7. The van der Waals surface area contributed by atoms with Gasteiger partial charge in [-0.15, -0.1) is 0 Å². The molecule has 13 heteroatoms. The smallest absolute Gasteiger partial charge is 0.248 e. The molecule has 1 saturated carbocycles. The van der Waals surface area contributed by atoms with Crippen LogP contribution in [0.4, 0.5) is 14.5 Å². The van der Waals surface area contributed by atoms with Crippen LogP contribution in [0.5, 0.6) is 0 Å². The van der Waals surface area contributed by atoms with E-state index in [1.165, 1.54) is 0 Å². The minimum absolute atomic E-state index is 0.0793. The van der Waals surface area contributed by atoms with E-state index >= 15 is 0 Å². The number of halogens is 3. The molecule has 7 nitrogen and oxygen atoms in total. The summed E-state index contributed by atoms with van der Waals surface area (Å²) in [4.78, 5) is 28.6. The zero-order valence-electron chi connectivity index (χ0n) is 24.8. The lowest BCUT2D eigenvalue weighted by molar-refractivity contribution is -0.134. The number of carbonyl (C=O) groups excluding carboxylic acids is 2. The van der Waals surface area contributed by atoms with Crippen molar-refractivity contribution in [3.05, 3.63) is 58.6 Å². The highest BCUT2D eigenvalue weighted by Crippen LogP contribution is 2.37. The van der Waals surface area contributed by atoms with Crippen molar-refractivity contribution in [1.82, 2.24) is 15.1 Å². The Labute approximate surface area is 260 Å². The van der Waals surface area contributed by atoms with Crippen LogP contribution in [0.15, 0.2) is 42.5 Å². The molecule has 2 amide bonds. The molecule has 2 aromatic carbocycles. The monoisotopic (exact) mass is 628 g/mol. The number of hydrogen-bond donors (Lipinski definition) is 2. The topological polar surface area (TPSA) is 81.8 Å². The van der Waals surface area contributed by atoms with Crippen molar-refractivity contribution in [2.45, 2.75) is 49.9 Å². The number of nitrogens with zero attached hydrogens (tertiary/aromatic N) is 2. The molecule has 0 unspecified atom stereocenters. The van der Waals surface area contributed by atoms with E-state index in [1.807, 2.05) is 35.2 Å². The number of carbonyl (C=O) groups is 2. The maximum Gasteiger partial charge on any atom is 0.248 e. The molecule has 4 rings (SSSR count). The van der Waals surface area contributed by atoms with Gasteiger partial charge in [-0.05, 0) is 66.8 Å². The lowest BCUT2D eigenvalue weighted by Crippen LogP contribution is -2.58. The molecule has 2 aromatic rings. The fourth-order valence-electron chi connectivity index (χ4n) is 5.59. The normalized spacial score (nSPS) is 18.3. The molecule has 0 aromatic heterocycles. The Morgan fingerprint density at radius 2 is 1.67 bits per heavy atom. The Morgan fingerprint density at radius 1 is 1.05 bits per heavy atom. The van der Waals surface area contributed by atoms with Gasteiger partial charge in [-0.1, -0.05) is 35.9 Å². The quantitative estimate of drug-likeness (QED) is 0.306. The van der Waals surface area contributed by atoms with Crippen molar-refractivity contribution >= 4 is 57.2 Å². The number of rotatable bonds is 10. The molecule has 0 spiro atoms. The van der Waals surface area contributed by atoms with E-state index in [4.69, 9.17) is 27.3 Å². The number of alkyl halides is 2. The summed E-state index contributed by atoms with van der Waals surface area (Å²) in [5.41, 5.74) is 2.33. The molecule has 2 N–H and O–H groups in total. The molecule has 1 saturated heterocycles. The highest BCUT2D eigenvalue weighted by Gasteiger charge is 2.36. The van der Waals surface area contributed by atoms with Crippen molar-refractivity contribution in [3.8, 4) is 0 Å². The van der Waals surface area contributed by atoms with E-state index in [2.05, 4.69) is 10.6 Å². The maximum atomic E-state index is 13.4. The van der Waals surface area contributed by atoms with Gasteiger partial charge in [0.05, 0.1) is 22.2 Å². The SMILES string of the molecule is [B]C([B])(c1cc(Cl)ccc1NCc1ccc(P(C)(C)=O)cc1)N1CCN(C(=O)CNC(=O)CC2CCC(F)(F)CC2)CC1. The fraction of sp³-hybridized carbons (Fsp3) is 0.533. The maximum absolute atomic E-state index is 13.4. The number of benzene rings is 2. The van der Waals surface area contributed by atoms with Crippen LogP contribution in [0.3, 0.4) is 0 Å². The molecule has 43 heavy (non-hydrogen) atoms. The van der Waals surface area contributed by atoms with E-state index in [9.17, 15) is 22.9 Å². The van der Waals surface area contributed by atoms with E-state index in [0.717, 1.165) is 16.6 Å². The Morgan fingerprint density at radius 3 is 2.28 bits per heavy atom. The van der Waals surface area contributed by atoms with Crippen molar-refractivity contribution < 1.29 is 22.9 Å². The molecule has 1 aliphatic heterocycles. The summed E-state index contributed by atoms with van der Waals surface area (Å²) in [6.45, 7) is 5.38. The van der Waals surface area contributed by atoms with Crippen molar-refractivity contribution in [2.75, 3.05) is 51.4 Å². The number of hydrogen-bond acceptors (Lipinski definition) is 5. The van der Waals surface area contributed by atoms with Gasteiger partial charge in [0.15, 0.2) is 0 Å². The third kappa shape index (κ3) is 9.09. The predicted molar refractivity (Wildman–Crippen MR) is 170 cm³/mol. The van der Waals surface area contributed by atoms with Gasteiger partial charge >= 0.3 is 0 Å². The molecule has 1 heterocycles. The number of piperazine rings is 1. The number of anilines is 1. The molecule has 0 bridgehead atoms. The van der Waals surface area contributed by atoms with Crippen molar-refractivity contribution in [2.24, 2.45) is 5.92 Å². The summed E-state index contributed by atoms with van der Waals surface area (Å²) in [5.74, 6) is -3.23. The second-order valence-electron chi connectivity index (χ2n) is 12.0. The van der Waals surface area contributed by atoms with Crippen LogP contribution >= 0.6 is 18.7 Å². The first-order valence-corrected chi connectivity index (χ1v) is 17.6. The van der Waals surface area contributed by atoms with Crippen molar-refractivity contribution in [1.29, 1.82) is 0 Å². The van der Waals surface area contributed by atoms with Gasteiger partial charge in [0.25, 0.3) is 0 Å². The Bertz CT molecular complexity index is 1340. The molecule has 2 fully saturated rings. The van der Waals surface area contributed by atoms with Crippen LogP contribution in [0.25, 0.3) is 0 Å². The summed E-state index contributed by atoms with van der Waals surface area (Å²) < 4.78 is 39.1. The Kier molecular flexibility index (Phi) is 10.7. The molecule has 2 aliphatic rings. The average Bonchev–Trinajstić information content (AvgIpc) is 2.96. The molecular formula is C30H38B2ClF2N4O3P. The molecule has 4 radical (unpaired) electrons. The first kappa shape index (κ1) is 33.5. The van der Waals surface area contributed by atoms with Gasteiger partial charge in [0.2, 0.25) is 17.7 Å². The highest BCUT2D eigenvalue weighted by atomic mass is 35.5. The van der Waals surface area contributed by atoms with Crippen LogP contribution in [0.1, 0.15) is 43.2 Å². The van der Waals surface area contributed by atoms with Gasteiger partial charge in [-0.25, -0.2) is 8.78 Å². The predicted octanol–water partition coefficient (Wildman–Crippen LogP) is 4.12. The molecule has 0 atom stereocenters. The van der Waals surface area contributed by atoms with Gasteiger partial charge in [-0.2, -0.15) is 0 Å². The lowest BCUT2D eigenvalue weighted by atomic mass is 9.56. The summed E-state index contributed by atoms with van der Waals surface area (Å²) in [6, 6.07) is 12.9. The van der Waals surface area contributed by atoms with Gasteiger partial charge in [0.1, 0.15) is 7.14 Å². The summed E-state index contributed by atoms with van der Waals surface area (Å²) in [5, 5.41) is 5.96. The Hall–Kier alpha value is -2.35. The fourth-order valence-corrected chi connectivity index (χ4v) is 6.63. The zero-order valence-corrected chi connectivity index (χ0v) is 26.4. The highest BCUT2D eigenvalue weighted by molar-refractivity contribution is 7.70. The van der Waals surface area contributed by atoms with Crippen LogP contribution in [0.2, 0.25) is 5.02 Å². The lowest BCUT2D eigenvalue weighted by Gasteiger charge is -2.46. The molecular weight excluding hydrogens is 590 g/mol. The van der Waals surface area contributed by atoms with Crippen LogP contribution in [-0.2, 0) is 26.0 Å². The van der Waals surface area contributed by atoms with Crippen LogP contribution < -0.4 is 15.9 Å². The summed E-state index contributed by atoms with van der Waals surface area (Å²) in [7, 11) is 11.1. The van der Waals surface area contributed by atoms with E-state index in [1.54, 1.807) is 30.4 Å². The largest absolute Gasteiger partial charge is 0.381 e. The van der Waals surface area contributed by atoms with E-state index in [-0.39, 0.29) is 43.5 Å². The average molecular weight is 629 g/mol. The minimum Gasteiger partial charge on any atom is -0.381 e. The van der Waals surface area contributed by atoms with Crippen molar-refractivity contribution in [3.63, 3.8) is 0 Å². The van der Waals surface area contributed by atoms with E-state index < -0.39 is 18.4 Å². The first-order chi connectivity index (χ1) is 20.1. The van der Waals surface area contributed by atoms with Crippen LogP contribution in [-0.4, -0.2) is 89.3 Å². The molecule has 1 aliphatic carbocycles. The second kappa shape index (κ2) is 13.7. The number of amides is 2. The van der Waals surface area contributed by atoms with E-state index in [0.29, 0.717) is 56.2 Å². The number of nitrogens with one attached hydrogen (secondary N) is 2. The Balaban J connectivity index is 1.30. The first-order valence-electron chi connectivity index (χ1n) is 14.6. The third-order valence-electron chi connectivity index (χ3n) is 8.36. The van der Waals surface area contributed by atoms with Gasteiger partial charge in [-0.3, -0.25) is 9.59 Å². The summed E-state index contributed by atoms with van der Waals surface area (Å²) >= 11 is 6.33. The summed E-state index contributed by atoms with van der Waals surface area (Å²) in [6.07, 6.45) is 0.397.